The van der Waals surface area contributed by atoms with Crippen molar-refractivity contribution in [3.63, 3.8) is 0 Å². The van der Waals surface area contributed by atoms with Gasteiger partial charge in [-0.25, -0.2) is 0 Å². The molecule has 0 unspecified atom stereocenters. The van der Waals surface area contributed by atoms with Crippen LogP contribution in [-0.2, 0) is 4.79 Å². The molecule has 0 aliphatic heterocycles. The van der Waals surface area contributed by atoms with Gasteiger partial charge in [0.2, 0.25) is 5.91 Å². The third-order valence-corrected chi connectivity index (χ3v) is 0.421. The van der Waals surface area contributed by atoms with Crippen LogP contribution in [0.3, 0.4) is 0 Å². The van der Waals surface area contributed by atoms with Crippen LogP contribution >= 0.6 is 12.4 Å². The van der Waals surface area contributed by atoms with E-state index < -0.39 is 5.91 Å². The Labute approximate surface area is 54.9 Å². The summed E-state index contributed by atoms with van der Waals surface area (Å²) >= 11 is 0. The zero-order chi connectivity index (χ0) is 5.15. The van der Waals surface area contributed by atoms with Crippen molar-refractivity contribution in [2.24, 2.45) is 5.73 Å². The minimum atomic E-state index is -0.435. The summed E-state index contributed by atoms with van der Waals surface area (Å²) in [6.07, 6.45) is 0. The molecule has 0 radical (unpaired) electrons. The van der Waals surface area contributed by atoms with Gasteiger partial charge in [0, 0.05) is 5.57 Å². The van der Waals surface area contributed by atoms with Crippen molar-refractivity contribution < 1.29 is 4.79 Å². The molecule has 8 heavy (non-hydrogen) atoms. The summed E-state index contributed by atoms with van der Waals surface area (Å²) < 4.78 is 0. The molecule has 0 atom stereocenters. The van der Waals surface area contributed by atoms with E-state index in [4.69, 9.17) is 5.73 Å². The minimum absolute atomic E-state index is 0. The van der Waals surface area contributed by atoms with Crippen LogP contribution in [0.15, 0.2) is 12.2 Å². The van der Waals surface area contributed by atoms with Gasteiger partial charge in [-0.15, -0.1) is 12.4 Å². The Morgan fingerprint density at radius 2 is 1.75 bits per heavy atom. The molecule has 0 bridgehead atoms. The van der Waals surface area contributed by atoms with E-state index in [1.54, 1.807) is 6.92 Å². The lowest BCUT2D eigenvalue weighted by Crippen LogP contribution is -2.10. The van der Waals surface area contributed by atoms with Gasteiger partial charge in [0.25, 0.3) is 0 Å². The molecule has 0 spiro atoms. The van der Waals surface area contributed by atoms with Crippen molar-refractivity contribution in [2.75, 3.05) is 0 Å². The zero-order valence-electron chi connectivity index (χ0n) is 4.81. The number of halogens is 1. The van der Waals surface area contributed by atoms with Gasteiger partial charge in [-0.3, -0.25) is 4.79 Å². The van der Waals surface area contributed by atoms with Gasteiger partial charge >= 0.3 is 0 Å². The summed E-state index contributed by atoms with van der Waals surface area (Å²) in [6.45, 7) is 4.85. The molecule has 1 amide bonds. The number of amides is 1. The van der Waals surface area contributed by atoms with Crippen molar-refractivity contribution >= 4 is 18.3 Å². The van der Waals surface area contributed by atoms with E-state index in [0.717, 1.165) is 0 Å². The Morgan fingerprint density at radius 3 is 1.75 bits per heavy atom. The lowest BCUT2D eigenvalue weighted by atomic mass is 10.3. The number of carbonyl (C=O) groups is 1. The van der Waals surface area contributed by atoms with Gasteiger partial charge in [0.05, 0.1) is 0 Å². The minimum Gasteiger partial charge on any atom is -0.366 e. The molecule has 0 saturated heterocycles. The first-order valence-electron chi connectivity index (χ1n) is 1.60. The normalized spacial score (nSPS) is 5.62. The fourth-order valence-electron chi connectivity index (χ4n) is 0. The third kappa shape index (κ3) is 9.07. The molecule has 0 aromatic carbocycles. The van der Waals surface area contributed by atoms with Crippen LogP contribution in [-0.4, -0.2) is 5.91 Å². The summed E-state index contributed by atoms with van der Waals surface area (Å²) in [5.41, 5.74) is 5.09. The van der Waals surface area contributed by atoms with Gasteiger partial charge in [-0.1, -0.05) is 6.58 Å². The molecule has 0 saturated carbocycles. The summed E-state index contributed by atoms with van der Waals surface area (Å²) in [6, 6.07) is 0. The summed E-state index contributed by atoms with van der Waals surface area (Å²) in [7, 11) is 0. The van der Waals surface area contributed by atoms with E-state index in [0.29, 0.717) is 5.57 Å². The van der Waals surface area contributed by atoms with Crippen LogP contribution in [0.1, 0.15) is 6.92 Å². The van der Waals surface area contributed by atoms with E-state index >= 15 is 0 Å². The molecule has 50 valence electrons. The van der Waals surface area contributed by atoms with Crippen LogP contribution in [0.2, 0.25) is 0 Å². The molecule has 4 heteroatoms. The Kier molecular flexibility index (Phi) is 12.6. The predicted molar refractivity (Wildman–Crippen MR) is 36.3 cm³/mol. The second kappa shape index (κ2) is 6.46. The van der Waals surface area contributed by atoms with Crippen LogP contribution in [0, 0.1) is 0 Å². The molecular weight excluding hydrogens is 128 g/mol. The zero-order valence-corrected chi connectivity index (χ0v) is 5.62. The van der Waals surface area contributed by atoms with Crippen LogP contribution < -0.4 is 11.9 Å². The quantitative estimate of drug-likeness (QED) is 0.522. The predicted octanol–water partition coefficient (Wildman–Crippen LogP) is 0.632. The van der Waals surface area contributed by atoms with Crippen LogP contribution in [0.5, 0.6) is 0 Å². The summed E-state index contributed by atoms with van der Waals surface area (Å²) in [4.78, 5) is 9.82. The first kappa shape index (κ1) is 15.7. The Morgan fingerprint density at radius 1 is 1.62 bits per heavy atom. The first-order valence-corrected chi connectivity index (χ1v) is 1.60. The van der Waals surface area contributed by atoms with Gasteiger partial charge < -0.3 is 11.9 Å². The Balaban J connectivity index is -0.000000125. The van der Waals surface area contributed by atoms with Gasteiger partial charge in [-0.2, -0.15) is 0 Å². The van der Waals surface area contributed by atoms with Crippen molar-refractivity contribution in [1.82, 2.24) is 6.15 Å². The molecule has 0 fully saturated rings. The topological polar surface area (TPSA) is 78.1 Å². The second-order valence-electron chi connectivity index (χ2n) is 1.14. The standard InChI is InChI=1S/C4H7NO.ClH.H3N/c1-3(2)4(5)6;;/h1H2,2H3,(H2,5,6);1H;1H3. The maximum absolute atomic E-state index is 9.82. The molecule has 0 aromatic heterocycles. The third-order valence-electron chi connectivity index (χ3n) is 0.421. The molecule has 0 rings (SSSR count). The van der Waals surface area contributed by atoms with E-state index in [1.807, 2.05) is 0 Å². The fraction of sp³-hybridized carbons (Fsp3) is 0.250. The lowest BCUT2D eigenvalue weighted by Gasteiger charge is -1.81. The van der Waals surface area contributed by atoms with Gasteiger partial charge in [0.15, 0.2) is 0 Å². The first-order chi connectivity index (χ1) is 2.64. The molecule has 0 aromatic rings. The van der Waals surface area contributed by atoms with E-state index in [-0.39, 0.29) is 18.6 Å². The fourth-order valence-corrected chi connectivity index (χ4v) is 0. The SMILES string of the molecule is C=C(C)C(N)=O.Cl.N. The monoisotopic (exact) mass is 138 g/mol. The van der Waals surface area contributed by atoms with Crippen molar-refractivity contribution in [1.29, 1.82) is 0 Å². The highest BCUT2D eigenvalue weighted by molar-refractivity contribution is 5.90. The van der Waals surface area contributed by atoms with E-state index in [1.165, 1.54) is 0 Å². The van der Waals surface area contributed by atoms with Crippen molar-refractivity contribution in [3.05, 3.63) is 12.2 Å². The van der Waals surface area contributed by atoms with Crippen molar-refractivity contribution in [3.8, 4) is 0 Å². The molecule has 0 aliphatic rings. The van der Waals surface area contributed by atoms with E-state index in [2.05, 4.69) is 6.58 Å². The maximum Gasteiger partial charge on any atom is 0.243 e. The number of nitrogens with two attached hydrogens (primary N) is 1. The Hall–Kier alpha value is -0.540. The second-order valence-corrected chi connectivity index (χ2v) is 1.14. The highest BCUT2D eigenvalue weighted by Gasteiger charge is 1.86. The molecule has 0 aliphatic carbocycles. The van der Waals surface area contributed by atoms with Crippen LogP contribution in [0.25, 0.3) is 0 Å². The van der Waals surface area contributed by atoms with E-state index in [9.17, 15) is 4.79 Å². The highest BCUT2D eigenvalue weighted by Crippen LogP contribution is 1.78. The maximum atomic E-state index is 9.82. The summed E-state index contributed by atoms with van der Waals surface area (Å²) in [5.74, 6) is -0.435. The molecule has 0 heterocycles. The smallest absolute Gasteiger partial charge is 0.243 e. The van der Waals surface area contributed by atoms with Gasteiger partial charge in [0.1, 0.15) is 0 Å². The number of carbonyl (C=O) groups excluding carboxylic acids is 1. The number of rotatable bonds is 1. The molecule has 3 nitrogen and oxygen atoms in total. The number of hydrogen-bond donors (Lipinski definition) is 2. The molecular formula is C4H11ClN2O. The molecule has 5 N–H and O–H groups in total. The van der Waals surface area contributed by atoms with Gasteiger partial charge in [-0.05, 0) is 6.92 Å². The summed E-state index contributed by atoms with van der Waals surface area (Å²) in [5, 5.41) is 0. The van der Waals surface area contributed by atoms with Crippen LogP contribution in [0.4, 0.5) is 0 Å². The average molecular weight is 139 g/mol. The highest BCUT2D eigenvalue weighted by atomic mass is 35.5. The lowest BCUT2D eigenvalue weighted by molar-refractivity contribution is -0.114. The Bertz CT molecular complexity index is 80.0. The van der Waals surface area contributed by atoms with Crippen molar-refractivity contribution in [2.45, 2.75) is 6.92 Å². The number of hydrogen-bond acceptors (Lipinski definition) is 2. The average Bonchev–Trinajstić information content (AvgIpc) is 1.36. The largest absolute Gasteiger partial charge is 0.366 e. The number of primary amides is 1.